The molecule has 4 aliphatic rings. The normalized spacial score (nSPS) is 20.8. The molecule has 37 heavy (non-hydrogen) atoms. The Bertz CT molecular complexity index is 1310. The van der Waals surface area contributed by atoms with Gasteiger partial charge in [-0.15, -0.1) is 11.8 Å². The summed E-state index contributed by atoms with van der Waals surface area (Å²) in [5, 5.41) is 4.99. The Morgan fingerprint density at radius 1 is 0.919 bits per heavy atom. The lowest BCUT2D eigenvalue weighted by atomic mass is 9.94. The van der Waals surface area contributed by atoms with Gasteiger partial charge in [0.2, 0.25) is 0 Å². The minimum Gasteiger partial charge on any atom is -0.379 e. The van der Waals surface area contributed by atoms with Gasteiger partial charge in [0.1, 0.15) is 0 Å². The van der Waals surface area contributed by atoms with Crippen molar-refractivity contribution in [2.24, 2.45) is 0 Å². The second-order valence-electron chi connectivity index (χ2n) is 10.5. The maximum Gasteiger partial charge on any atom is 0.274 e. The first-order valence-electron chi connectivity index (χ1n) is 13.3. The van der Waals surface area contributed by atoms with Crippen LogP contribution in [-0.2, 0) is 20.6 Å². The molecule has 1 saturated carbocycles. The van der Waals surface area contributed by atoms with Crippen LogP contribution >= 0.6 is 11.8 Å². The average Bonchev–Trinajstić information content (AvgIpc) is 3.64. The van der Waals surface area contributed by atoms with Gasteiger partial charge in [0, 0.05) is 59.9 Å². The minimum absolute atomic E-state index is 0.0114. The number of morpholine rings is 2. The minimum atomic E-state index is 0.0114. The number of ether oxygens (including phenoxy) is 2. The van der Waals surface area contributed by atoms with Crippen LogP contribution in [0.4, 0.5) is 0 Å². The zero-order chi connectivity index (χ0) is 24.8. The monoisotopic (exact) mass is 516 g/mol. The molecule has 0 unspecified atom stereocenters. The van der Waals surface area contributed by atoms with Gasteiger partial charge in [-0.2, -0.15) is 5.10 Å². The average molecular weight is 517 g/mol. The first-order valence-corrected chi connectivity index (χ1v) is 14.3. The van der Waals surface area contributed by atoms with Crippen LogP contribution in [0.2, 0.25) is 0 Å². The third-order valence-corrected chi connectivity index (χ3v) is 9.31. The van der Waals surface area contributed by atoms with Crippen molar-refractivity contribution < 1.29 is 14.3 Å². The summed E-state index contributed by atoms with van der Waals surface area (Å²) in [6, 6.07) is 17.4. The van der Waals surface area contributed by atoms with Crippen LogP contribution < -0.4 is 0 Å². The molecule has 2 saturated heterocycles. The lowest BCUT2D eigenvalue weighted by Crippen LogP contribution is -2.41. The number of hydrogen-bond acceptors (Lipinski definition) is 6. The number of nitrogens with zero attached hydrogens (tertiary/aromatic N) is 4. The highest BCUT2D eigenvalue weighted by Gasteiger charge is 2.45. The molecule has 0 atom stereocenters. The summed E-state index contributed by atoms with van der Waals surface area (Å²) in [5.41, 5.74) is 6.49. The van der Waals surface area contributed by atoms with E-state index in [1.807, 2.05) is 9.58 Å². The second-order valence-corrected chi connectivity index (χ2v) is 11.5. The Balaban J connectivity index is 1.24. The predicted molar refractivity (Wildman–Crippen MR) is 143 cm³/mol. The van der Waals surface area contributed by atoms with Crippen molar-refractivity contribution >= 4 is 17.7 Å². The summed E-state index contributed by atoms with van der Waals surface area (Å²) in [4.78, 5) is 19.2. The molecule has 7 rings (SSSR count). The van der Waals surface area contributed by atoms with Gasteiger partial charge in [0.25, 0.3) is 5.91 Å². The number of thioether (sulfide) groups is 1. The Hall–Kier alpha value is -2.65. The van der Waals surface area contributed by atoms with Crippen LogP contribution in [0, 0.1) is 0 Å². The van der Waals surface area contributed by atoms with Crippen molar-refractivity contribution in [3.63, 3.8) is 0 Å². The van der Waals surface area contributed by atoms with Gasteiger partial charge >= 0.3 is 0 Å². The molecular weight excluding hydrogens is 484 g/mol. The van der Waals surface area contributed by atoms with E-state index < -0.39 is 0 Å². The number of fused-ring (bicyclic) bond motifs is 3. The first kappa shape index (κ1) is 23.5. The van der Waals surface area contributed by atoms with Crippen molar-refractivity contribution in [3.8, 4) is 16.9 Å². The van der Waals surface area contributed by atoms with Crippen LogP contribution in [0.3, 0.4) is 0 Å². The standard InChI is InChI=1S/C29H32N4O3S/c34-28(32-13-17-36-18-14-32)26-24-19-37-25-4-2-1-3-23(25)27(24)33(30-26)22-7-5-21(6-8-22)29(9-10-29)20-31-11-15-35-16-12-31/h1-8H,9-20H2. The summed E-state index contributed by atoms with van der Waals surface area (Å²) in [7, 11) is 0. The molecule has 0 radical (unpaired) electrons. The predicted octanol–water partition coefficient (Wildman–Crippen LogP) is 3.98. The van der Waals surface area contributed by atoms with Crippen molar-refractivity contribution in [1.82, 2.24) is 19.6 Å². The van der Waals surface area contributed by atoms with Crippen molar-refractivity contribution in [2.75, 3.05) is 59.2 Å². The number of carbonyl (C=O) groups is 1. The van der Waals surface area contributed by atoms with Gasteiger partial charge in [0.15, 0.2) is 5.69 Å². The molecule has 3 aromatic rings. The van der Waals surface area contributed by atoms with E-state index >= 15 is 0 Å². The summed E-state index contributed by atoms with van der Waals surface area (Å²) >= 11 is 1.79. The highest BCUT2D eigenvalue weighted by molar-refractivity contribution is 7.98. The molecule has 0 bridgehead atoms. The zero-order valence-corrected chi connectivity index (χ0v) is 21.8. The topological polar surface area (TPSA) is 59.8 Å². The fraction of sp³-hybridized carbons (Fsp3) is 0.448. The Morgan fingerprint density at radius 2 is 1.62 bits per heavy atom. The van der Waals surface area contributed by atoms with Crippen molar-refractivity contribution in [2.45, 2.75) is 28.9 Å². The molecule has 1 amide bonds. The Kier molecular flexibility index (Phi) is 6.08. The number of aromatic nitrogens is 2. The molecule has 0 N–H and O–H groups in total. The molecule has 1 aliphatic carbocycles. The SMILES string of the molecule is O=C(c1nn(-c2ccc(C3(CN4CCOCC4)CC3)cc2)c2c1CSc1ccccc1-2)N1CCOCC1. The molecule has 1 aromatic heterocycles. The fourth-order valence-electron chi connectivity index (χ4n) is 5.91. The molecule has 7 nitrogen and oxygen atoms in total. The number of hydrogen-bond donors (Lipinski definition) is 0. The number of amides is 1. The van der Waals surface area contributed by atoms with Crippen LogP contribution in [0.15, 0.2) is 53.4 Å². The largest absolute Gasteiger partial charge is 0.379 e. The van der Waals surface area contributed by atoms with E-state index in [0.29, 0.717) is 32.0 Å². The summed E-state index contributed by atoms with van der Waals surface area (Å²) < 4.78 is 13.0. The van der Waals surface area contributed by atoms with Crippen LogP contribution in [0.25, 0.3) is 16.9 Å². The van der Waals surface area contributed by atoms with Gasteiger partial charge < -0.3 is 14.4 Å². The van der Waals surface area contributed by atoms with E-state index in [1.165, 1.54) is 23.3 Å². The van der Waals surface area contributed by atoms with E-state index in [9.17, 15) is 4.79 Å². The van der Waals surface area contributed by atoms with E-state index in [1.54, 1.807) is 11.8 Å². The summed E-state index contributed by atoms with van der Waals surface area (Å²) in [5.74, 6) is 0.760. The quantitative estimate of drug-likeness (QED) is 0.511. The van der Waals surface area contributed by atoms with Crippen molar-refractivity contribution in [1.29, 1.82) is 0 Å². The molecule has 3 aliphatic heterocycles. The molecule has 4 heterocycles. The highest BCUT2D eigenvalue weighted by atomic mass is 32.2. The molecule has 0 spiro atoms. The van der Waals surface area contributed by atoms with E-state index in [0.717, 1.165) is 61.1 Å². The summed E-state index contributed by atoms with van der Waals surface area (Å²) in [6.45, 7) is 7.23. The van der Waals surface area contributed by atoms with Gasteiger partial charge in [-0.05, 0) is 36.6 Å². The molecule has 8 heteroatoms. The molecule has 192 valence electrons. The zero-order valence-electron chi connectivity index (χ0n) is 21.0. The third-order valence-electron chi connectivity index (χ3n) is 8.21. The fourth-order valence-corrected chi connectivity index (χ4v) is 6.98. The van der Waals surface area contributed by atoms with Gasteiger partial charge in [-0.25, -0.2) is 4.68 Å². The van der Waals surface area contributed by atoms with E-state index in [4.69, 9.17) is 14.6 Å². The Morgan fingerprint density at radius 3 is 2.35 bits per heavy atom. The highest BCUT2D eigenvalue weighted by Crippen LogP contribution is 2.49. The molecular formula is C29H32N4O3S. The Labute approximate surface area is 221 Å². The third kappa shape index (κ3) is 4.30. The van der Waals surface area contributed by atoms with Gasteiger partial charge in [-0.3, -0.25) is 9.69 Å². The maximum atomic E-state index is 13.6. The van der Waals surface area contributed by atoms with Crippen molar-refractivity contribution in [3.05, 3.63) is 65.4 Å². The smallest absolute Gasteiger partial charge is 0.274 e. The van der Waals surface area contributed by atoms with Crippen LogP contribution in [0.5, 0.6) is 0 Å². The number of carbonyl (C=O) groups excluding carboxylic acids is 1. The van der Waals surface area contributed by atoms with Gasteiger partial charge in [-0.1, -0.05) is 30.3 Å². The summed E-state index contributed by atoms with van der Waals surface area (Å²) in [6.07, 6.45) is 2.48. The maximum absolute atomic E-state index is 13.6. The van der Waals surface area contributed by atoms with Gasteiger partial charge in [0.05, 0.1) is 37.8 Å². The van der Waals surface area contributed by atoms with E-state index in [2.05, 4.69) is 53.4 Å². The molecule has 3 fully saturated rings. The lowest BCUT2D eigenvalue weighted by molar-refractivity contribution is 0.0298. The van der Waals surface area contributed by atoms with Crippen LogP contribution in [0.1, 0.15) is 34.5 Å². The number of benzene rings is 2. The molecule has 2 aromatic carbocycles. The second kappa shape index (κ2) is 9.58. The van der Waals surface area contributed by atoms with E-state index in [-0.39, 0.29) is 11.3 Å². The number of rotatable bonds is 5. The lowest BCUT2D eigenvalue weighted by Gasteiger charge is -2.30. The van der Waals surface area contributed by atoms with Crippen LogP contribution in [-0.4, -0.2) is 84.6 Å². The first-order chi connectivity index (χ1) is 18.2.